The van der Waals surface area contributed by atoms with Crippen LogP contribution in [0.15, 0.2) is 48.6 Å². The van der Waals surface area contributed by atoms with Gasteiger partial charge in [-0.1, -0.05) is 333 Å². The van der Waals surface area contributed by atoms with E-state index in [1.807, 2.05) is 33.3 Å². The third-order valence-electron chi connectivity index (χ3n) is 16.8. The van der Waals surface area contributed by atoms with Crippen molar-refractivity contribution in [3.05, 3.63) is 48.6 Å². The second-order valence-electron chi connectivity index (χ2n) is 26.5. The zero-order chi connectivity index (χ0) is 62.1. The summed E-state index contributed by atoms with van der Waals surface area (Å²) in [5.74, 6) is -0.495. The number of carbonyl (C=O) groups is 2. The van der Waals surface area contributed by atoms with Crippen LogP contribution in [-0.4, -0.2) is 74.3 Å². The van der Waals surface area contributed by atoms with Crippen LogP contribution in [0.5, 0.6) is 0 Å². The standard InChI is InChI=1S/C75H143N2O7P/c1-7-10-13-16-19-22-25-28-30-32-34-36-37-38-39-41-42-44-46-49-52-55-58-61-64-67-74(78)76-72(71-83-85(80,81)82-70-69-77(4,5)6)73(66-63-60-57-54-51-48-27-24-21-18-15-12-9-3)84-75(79)68-65-62-59-56-53-50-47-45-43-40-35-33-31-29-26-23-20-17-14-11-8-2/h20,23,29,31,35,40,63,66,72-73H,7-19,21-22,24-28,30,32-34,36-39,41-62,64-65,67-71H2,1-6H3,(H-,76,78,80,81)/p+1/b23-20-,31-29-,40-35-,66-63+. The smallest absolute Gasteiger partial charge is 0.456 e. The molecule has 0 rings (SSSR count). The van der Waals surface area contributed by atoms with Crippen molar-refractivity contribution in [1.29, 1.82) is 0 Å². The lowest BCUT2D eigenvalue weighted by molar-refractivity contribution is -0.870. The van der Waals surface area contributed by atoms with E-state index in [0.29, 0.717) is 17.4 Å². The highest BCUT2D eigenvalue weighted by molar-refractivity contribution is 7.47. The zero-order valence-corrected chi connectivity index (χ0v) is 58.3. The van der Waals surface area contributed by atoms with Crippen LogP contribution in [0.1, 0.15) is 367 Å². The molecule has 85 heavy (non-hydrogen) atoms. The maximum atomic E-state index is 13.6. The summed E-state index contributed by atoms with van der Waals surface area (Å²) in [6.45, 7) is 7.04. The number of allylic oxidation sites excluding steroid dienone is 7. The predicted octanol–water partition coefficient (Wildman–Crippen LogP) is 23.6. The molecule has 0 aliphatic rings. The maximum absolute atomic E-state index is 13.6. The molecule has 2 N–H and O–H groups in total. The van der Waals surface area contributed by atoms with E-state index in [1.165, 1.54) is 250 Å². The number of quaternary nitrogens is 1. The van der Waals surface area contributed by atoms with E-state index >= 15 is 0 Å². The second-order valence-corrected chi connectivity index (χ2v) is 27.9. The van der Waals surface area contributed by atoms with Crippen LogP contribution in [0, 0.1) is 0 Å². The molecule has 3 unspecified atom stereocenters. The normalized spacial score (nSPS) is 13.7. The van der Waals surface area contributed by atoms with Crippen LogP contribution in [0.3, 0.4) is 0 Å². The Morgan fingerprint density at radius 2 is 0.718 bits per heavy atom. The number of phosphoric ester groups is 1. The first-order valence-electron chi connectivity index (χ1n) is 37.0. The van der Waals surface area contributed by atoms with Gasteiger partial charge in [0, 0.05) is 12.8 Å². The van der Waals surface area contributed by atoms with Gasteiger partial charge in [0.25, 0.3) is 0 Å². The van der Waals surface area contributed by atoms with E-state index in [9.17, 15) is 19.0 Å². The second kappa shape index (κ2) is 64.9. The molecule has 0 heterocycles. The van der Waals surface area contributed by atoms with Gasteiger partial charge in [-0.05, 0) is 70.3 Å². The van der Waals surface area contributed by atoms with Gasteiger partial charge in [-0.3, -0.25) is 18.6 Å². The number of likely N-dealkylation sites (N-methyl/N-ethyl adjacent to an activating group) is 1. The molecular weight excluding hydrogens is 1070 g/mol. The maximum Gasteiger partial charge on any atom is 0.472 e. The first kappa shape index (κ1) is 83.0. The van der Waals surface area contributed by atoms with Crippen molar-refractivity contribution in [2.45, 2.75) is 380 Å². The van der Waals surface area contributed by atoms with E-state index in [0.717, 1.165) is 83.5 Å². The molecule has 500 valence electrons. The largest absolute Gasteiger partial charge is 0.472 e. The Balaban J connectivity index is 5.05. The highest BCUT2D eigenvalue weighted by Gasteiger charge is 2.30. The number of hydrogen-bond donors (Lipinski definition) is 2. The van der Waals surface area contributed by atoms with E-state index < -0.39 is 20.0 Å². The molecule has 0 aromatic rings. The van der Waals surface area contributed by atoms with Crippen molar-refractivity contribution in [2.75, 3.05) is 40.9 Å². The number of unbranched alkanes of at least 4 members (excludes halogenated alkanes) is 46. The quantitative estimate of drug-likeness (QED) is 0.0205. The van der Waals surface area contributed by atoms with Gasteiger partial charge in [0.15, 0.2) is 0 Å². The topological polar surface area (TPSA) is 111 Å². The molecular formula is C75H144N2O7P+. The zero-order valence-electron chi connectivity index (χ0n) is 57.4. The lowest BCUT2D eigenvalue weighted by Gasteiger charge is -2.27. The summed E-state index contributed by atoms with van der Waals surface area (Å²) in [6.07, 6.45) is 82.7. The van der Waals surface area contributed by atoms with E-state index in [1.54, 1.807) is 0 Å². The molecule has 0 aromatic heterocycles. The van der Waals surface area contributed by atoms with E-state index in [-0.39, 0.29) is 31.5 Å². The van der Waals surface area contributed by atoms with Gasteiger partial charge in [0.2, 0.25) is 5.91 Å². The number of hydrogen-bond acceptors (Lipinski definition) is 6. The van der Waals surface area contributed by atoms with Crippen LogP contribution < -0.4 is 5.32 Å². The van der Waals surface area contributed by atoms with Crippen molar-refractivity contribution in [3.8, 4) is 0 Å². The fourth-order valence-electron chi connectivity index (χ4n) is 11.1. The Morgan fingerprint density at radius 3 is 1.09 bits per heavy atom. The molecule has 0 fully saturated rings. The minimum atomic E-state index is -4.46. The fourth-order valence-corrected chi connectivity index (χ4v) is 11.8. The molecule has 10 heteroatoms. The summed E-state index contributed by atoms with van der Waals surface area (Å²) in [5, 5.41) is 3.08. The van der Waals surface area contributed by atoms with Crippen LogP contribution in [0.4, 0.5) is 0 Å². The number of carbonyl (C=O) groups excluding carboxylic acids is 2. The van der Waals surface area contributed by atoms with Gasteiger partial charge < -0.3 is 19.4 Å². The van der Waals surface area contributed by atoms with Gasteiger partial charge in [0.05, 0.1) is 33.8 Å². The summed E-state index contributed by atoms with van der Waals surface area (Å²) in [5.41, 5.74) is 0. The van der Waals surface area contributed by atoms with Crippen molar-refractivity contribution in [1.82, 2.24) is 5.32 Å². The minimum absolute atomic E-state index is 0.0407. The number of phosphoric acid groups is 1. The number of nitrogens with one attached hydrogen (secondary N) is 1. The molecule has 0 aliphatic heterocycles. The highest BCUT2D eigenvalue weighted by Crippen LogP contribution is 2.43. The van der Waals surface area contributed by atoms with Crippen LogP contribution in [0.25, 0.3) is 0 Å². The average Bonchev–Trinajstić information content (AvgIpc) is 3.48. The highest BCUT2D eigenvalue weighted by atomic mass is 31.2. The fraction of sp³-hybridized carbons (Fsp3) is 0.867. The molecule has 0 spiro atoms. The summed E-state index contributed by atoms with van der Waals surface area (Å²) in [4.78, 5) is 38.0. The molecule has 3 atom stereocenters. The molecule has 1 amide bonds. The summed E-state index contributed by atoms with van der Waals surface area (Å²) in [6, 6.07) is -0.851. The summed E-state index contributed by atoms with van der Waals surface area (Å²) in [7, 11) is 1.51. The molecule has 0 aromatic carbocycles. The number of amides is 1. The van der Waals surface area contributed by atoms with Gasteiger partial charge in [0.1, 0.15) is 19.3 Å². The van der Waals surface area contributed by atoms with Crippen LogP contribution in [0.2, 0.25) is 0 Å². The molecule has 0 radical (unpaired) electrons. The predicted molar refractivity (Wildman–Crippen MR) is 369 cm³/mol. The lowest BCUT2D eigenvalue weighted by atomic mass is 10.0. The summed E-state index contributed by atoms with van der Waals surface area (Å²) < 4.78 is 30.9. The number of esters is 1. The Labute approximate surface area is 529 Å². The van der Waals surface area contributed by atoms with Gasteiger partial charge in [-0.25, -0.2) is 4.57 Å². The minimum Gasteiger partial charge on any atom is -0.456 e. The van der Waals surface area contributed by atoms with Crippen molar-refractivity contribution in [3.63, 3.8) is 0 Å². The number of ether oxygens (including phenoxy) is 1. The summed E-state index contributed by atoms with van der Waals surface area (Å²) >= 11 is 0. The Kier molecular flexibility index (Phi) is 63.4. The average molecular weight is 1220 g/mol. The SMILES string of the molecule is CCCCC/C=C\C/C=C\C/C=C\CCCCCCCCCCC(=O)OC(/C=C/CCCCCCCCCCCCC)C(COP(=O)(O)OCC[N+](C)(C)C)NC(=O)CCCCCCCCCCCCCCCCCCCCCCCCCCC. The van der Waals surface area contributed by atoms with Crippen molar-refractivity contribution in [2.24, 2.45) is 0 Å². The monoisotopic (exact) mass is 1220 g/mol. The number of nitrogens with zero attached hydrogens (tertiary/aromatic N) is 1. The van der Waals surface area contributed by atoms with Crippen LogP contribution >= 0.6 is 7.82 Å². The molecule has 0 bridgehead atoms. The molecule has 0 aliphatic carbocycles. The Bertz CT molecular complexity index is 1590. The third kappa shape index (κ3) is 66.2. The van der Waals surface area contributed by atoms with Crippen LogP contribution in [-0.2, 0) is 27.9 Å². The molecule has 9 nitrogen and oxygen atoms in total. The first-order chi connectivity index (χ1) is 41.4. The molecule has 0 saturated carbocycles. The Morgan fingerprint density at radius 1 is 0.412 bits per heavy atom. The van der Waals surface area contributed by atoms with Crippen molar-refractivity contribution < 1.29 is 37.3 Å². The van der Waals surface area contributed by atoms with Gasteiger partial charge in [-0.15, -0.1) is 0 Å². The molecule has 0 saturated heterocycles. The Hall–Kier alpha value is -2.03. The number of rotatable bonds is 68. The third-order valence-corrected chi connectivity index (χ3v) is 17.8. The lowest BCUT2D eigenvalue weighted by Crippen LogP contribution is -2.47. The van der Waals surface area contributed by atoms with Gasteiger partial charge in [-0.2, -0.15) is 0 Å². The first-order valence-corrected chi connectivity index (χ1v) is 38.5. The van der Waals surface area contributed by atoms with E-state index in [4.69, 9.17) is 13.8 Å². The van der Waals surface area contributed by atoms with Gasteiger partial charge >= 0.3 is 13.8 Å². The van der Waals surface area contributed by atoms with E-state index in [2.05, 4.69) is 62.5 Å². The van der Waals surface area contributed by atoms with Crippen molar-refractivity contribution >= 4 is 19.7 Å².